The maximum atomic E-state index is 12.5. The zero-order valence-corrected chi connectivity index (χ0v) is 19.7. The van der Waals surface area contributed by atoms with Crippen molar-refractivity contribution in [3.05, 3.63) is 82.2 Å². The number of morpholine rings is 1. The second-order valence-corrected chi connectivity index (χ2v) is 8.49. The number of aliphatic hydroxyl groups is 2. The van der Waals surface area contributed by atoms with Crippen LogP contribution in [0.2, 0.25) is 0 Å². The summed E-state index contributed by atoms with van der Waals surface area (Å²) < 4.78 is 5.40. The monoisotopic (exact) mass is 474 g/mol. The quantitative estimate of drug-likeness (QED) is 0.477. The highest BCUT2D eigenvalue weighted by atomic mass is 16.5. The van der Waals surface area contributed by atoms with Crippen LogP contribution in [0.1, 0.15) is 34.6 Å². The Kier molecular flexibility index (Phi) is 8.16. The number of aliphatic hydroxyl groups excluding tert-OH is 2. The Morgan fingerprint density at radius 3 is 2.40 bits per heavy atom. The van der Waals surface area contributed by atoms with Gasteiger partial charge in [-0.25, -0.2) is 4.99 Å². The number of nitrogens with zero attached hydrogens (tertiary/aromatic N) is 2. The molecule has 0 saturated carbocycles. The summed E-state index contributed by atoms with van der Waals surface area (Å²) in [6.45, 7) is 4.43. The van der Waals surface area contributed by atoms with Crippen molar-refractivity contribution in [3.63, 3.8) is 0 Å². The van der Waals surface area contributed by atoms with Crippen LogP contribution in [0.25, 0.3) is 0 Å². The van der Waals surface area contributed by atoms with Crippen LogP contribution in [0.4, 0.5) is 0 Å². The summed E-state index contributed by atoms with van der Waals surface area (Å²) in [5.41, 5.74) is 4.18. The van der Waals surface area contributed by atoms with Crippen molar-refractivity contribution in [1.82, 2.24) is 15.5 Å². The first-order valence-electron chi connectivity index (χ1n) is 11.6. The number of amides is 1. The van der Waals surface area contributed by atoms with Crippen LogP contribution < -0.4 is 10.6 Å². The summed E-state index contributed by atoms with van der Waals surface area (Å²) in [5.74, 6) is 5.35. The number of rotatable bonds is 6. The predicted molar refractivity (Wildman–Crippen MR) is 134 cm³/mol. The third-order valence-corrected chi connectivity index (χ3v) is 6.11. The molecule has 0 bridgehead atoms. The van der Waals surface area contributed by atoms with Gasteiger partial charge >= 0.3 is 0 Å². The highest BCUT2D eigenvalue weighted by molar-refractivity contribution is 5.84. The Labute approximate surface area is 205 Å². The van der Waals surface area contributed by atoms with Gasteiger partial charge in [0, 0.05) is 44.2 Å². The number of allylic oxidation sites excluding steroid dienone is 1. The van der Waals surface area contributed by atoms with Gasteiger partial charge in [-0.15, -0.1) is 0 Å². The molecule has 35 heavy (non-hydrogen) atoms. The highest BCUT2D eigenvalue weighted by Crippen LogP contribution is 2.26. The minimum atomic E-state index is -1.32. The molecule has 0 spiro atoms. The fraction of sp³-hybridized carbons (Fsp3) is 0.333. The van der Waals surface area contributed by atoms with Crippen LogP contribution in [-0.2, 0) is 16.1 Å². The Morgan fingerprint density at radius 1 is 1.14 bits per heavy atom. The molecule has 2 aromatic carbocycles. The molecule has 0 aliphatic carbocycles. The first-order valence-corrected chi connectivity index (χ1v) is 11.6. The van der Waals surface area contributed by atoms with Crippen LogP contribution in [0.3, 0.4) is 0 Å². The fourth-order valence-electron chi connectivity index (χ4n) is 4.04. The standard InChI is InChI=1S/C27H30N4O4/c1-28-26(33)23(16-24-25(32)27(34)30-18-29-24)22-10-8-20(9-11-22)3-2-19-4-6-21(7-5-19)17-31-12-14-35-15-13-31/h4-11,18,23,27,32,34H,12-17H2,1H3,(H,28,33)(H,29,30). The molecule has 1 saturated heterocycles. The number of ether oxygens (including phenoxy) is 1. The Hall–Kier alpha value is -3.64. The van der Waals surface area contributed by atoms with Gasteiger partial charge in [-0.1, -0.05) is 36.1 Å². The summed E-state index contributed by atoms with van der Waals surface area (Å²) in [6.07, 6.45) is 0.188. The second kappa shape index (κ2) is 11.7. The summed E-state index contributed by atoms with van der Waals surface area (Å²) >= 11 is 0. The molecule has 2 atom stereocenters. The molecule has 2 heterocycles. The van der Waals surface area contributed by atoms with Gasteiger partial charge in [0.05, 0.1) is 31.2 Å². The van der Waals surface area contributed by atoms with Crippen LogP contribution in [0, 0.1) is 11.8 Å². The Morgan fingerprint density at radius 2 is 1.77 bits per heavy atom. The van der Waals surface area contributed by atoms with E-state index in [1.54, 1.807) is 7.05 Å². The molecular weight excluding hydrogens is 444 g/mol. The zero-order valence-electron chi connectivity index (χ0n) is 19.7. The molecule has 182 valence electrons. The lowest BCUT2D eigenvalue weighted by Crippen LogP contribution is -2.35. The molecular formula is C27H30N4O4. The normalized spacial score (nSPS) is 18.9. The lowest BCUT2D eigenvalue weighted by atomic mass is 9.92. The molecule has 0 radical (unpaired) electrons. The van der Waals surface area contributed by atoms with Gasteiger partial charge in [-0.3, -0.25) is 9.69 Å². The number of aliphatic imine (C=N–C) groups is 1. The third-order valence-electron chi connectivity index (χ3n) is 6.11. The molecule has 1 fully saturated rings. The minimum absolute atomic E-state index is 0.191. The molecule has 2 unspecified atom stereocenters. The van der Waals surface area contributed by atoms with E-state index < -0.39 is 12.1 Å². The number of hydrogen-bond donors (Lipinski definition) is 4. The maximum Gasteiger partial charge on any atom is 0.227 e. The lowest BCUT2D eigenvalue weighted by Gasteiger charge is -2.26. The average molecular weight is 475 g/mol. The molecule has 1 amide bonds. The van der Waals surface area contributed by atoms with Crippen LogP contribution >= 0.6 is 0 Å². The van der Waals surface area contributed by atoms with E-state index in [0.717, 1.165) is 49.5 Å². The van der Waals surface area contributed by atoms with Gasteiger partial charge in [0.2, 0.25) is 12.1 Å². The zero-order chi connectivity index (χ0) is 24.6. The van der Waals surface area contributed by atoms with E-state index in [-0.39, 0.29) is 18.1 Å². The van der Waals surface area contributed by atoms with Crippen molar-refractivity contribution in [3.8, 4) is 11.8 Å². The molecule has 8 heteroatoms. The van der Waals surface area contributed by atoms with Crippen molar-refractivity contribution in [2.45, 2.75) is 25.1 Å². The van der Waals surface area contributed by atoms with Crippen LogP contribution in [0.15, 0.2) is 65.0 Å². The van der Waals surface area contributed by atoms with E-state index in [0.29, 0.717) is 5.70 Å². The average Bonchev–Trinajstić information content (AvgIpc) is 2.90. The van der Waals surface area contributed by atoms with Gasteiger partial charge in [0.1, 0.15) is 0 Å². The summed E-state index contributed by atoms with van der Waals surface area (Å²) in [4.78, 5) is 18.6. The van der Waals surface area contributed by atoms with Crippen molar-refractivity contribution in [2.75, 3.05) is 33.4 Å². The van der Waals surface area contributed by atoms with E-state index in [1.807, 2.05) is 36.4 Å². The molecule has 2 aromatic rings. The van der Waals surface area contributed by atoms with Crippen LogP contribution in [-0.4, -0.2) is 66.9 Å². The molecule has 8 nitrogen and oxygen atoms in total. The number of carbonyl (C=O) groups is 1. The first-order chi connectivity index (χ1) is 17.0. The number of likely N-dealkylation sites (N-methyl/N-ethyl adjacent to an activating group) is 1. The van der Waals surface area contributed by atoms with Gasteiger partial charge < -0.3 is 25.6 Å². The topological polar surface area (TPSA) is 106 Å². The first kappa shape index (κ1) is 24.5. The lowest BCUT2D eigenvalue weighted by molar-refractivity contribution is -0.122. The molecule has 2 aliphatic rings. The Balaban J connectivity index is 1.42. The fourth-order valence-corrected chi connectivity index (χ4v) is 4.04. The third kappa shape index (κ3) is 6.49. The Bertz CT molecular complexity index is 1140. The number of nitrogens with one attached hydrogen (secondary N) is 2. The van der Waals surface area contributed by atoms with Gasteiger partial charge in [-0.05, 0) is 35.4 Å². The van der Waals surface area contributed by atoms with Crippen molar-refractivity contribution in [2.24, 2.45) is 4.99 Å². The SMILES string of the molecule is CNC(=O)C(CC1=C(O)C(O)N=CN1)c1ccc(C#Cc2ccc(CN3CCOCC3)cc2)cc1. The number of carbonyl (C=O) groups excluding carboxylic acids is 1. The molecule has 4 rings (SSSR count). The summed E-state index contributed by atoms with van der Waals surface area (Å²) in [6, 6.07) is 15.8. The van der Waals surface area contributed by atoms with E-state index in [9.17, 15) is 15.0 Å². The molecule has 0 aromatic heterocycles. The van der Waals surface area contributed by atoms with Crippen LogP contribution in [0.5, 0.6) is 0 Å². The van der Waals surface area contributed by atoms with Gasteiger partial charge in [-0.2, -0.15) is 0 Å². The van der Waals surface area contributed by atoms with Gasteiger partial charge in [0.25, 0.3) is 0 Å². The summed E-state index contributed by atoms with van der Waals surface area (Å²) in [7, 11) is 1.57. The number of benzene rings is 2. The van der Waals surface area contributed by atoms with E-state index >= 15 is 0 Å². The highest BCUT2D eigenvalue weighted by Gasteiger charge is 2.25. The largest absolute Gasteiger partial charge is 0.506 e. The number of hydrogen-bond acceptors (Lipinski definition) is 7. The predicted octanol–water partition coefficient (Wildman–Crippen LogP) is 1.86. The van der Waals surface area contributed by atoms with E-state index in [1.165, 1.54) is 11.9 Å². The smallest absolute Gasteiger partial charge is 0.227 e. The molecule has 4 N–H and O–H groups in total. The van der Waals surface area contributed by atoms with E-state index in [2.05, 4.69) is 44.5 Å². The van der Waals surface area contributed by atoms with Gasteiger partial charge in [0.15, 0.2) is 5.76 Å². The second-order valence-electron chi connectivity index (χ2n) is 8.49. The van der Waals surface area contributed by atoms with Crippen molar-refractivity contribution < 1.29 is 19.7 Å². The van der Waals surface area contributed by atoms with E-state index in [4.69, 9.17) is 4.74 Å². The molecule has 2 aliphatic heterocycles. The minimum Gasteiger partial charge on any atom is -0.506 e. The summed E-state index contributed by atoms with van der Waals surface area (Å²) in [5, 5.41) is 25.3. The maximum absolute atomic E-state index is 12.5. The van der Waals surface area contributed by atoms with Crippen molar-refractivity contribution in [1.29, 1.82) is 0 Å². The van der Waals surface area contributed by atoms with Crippen molar-refractivity contribution >= 4 is 12.2 Å².